The van der Waals surface area contributed by atoms with Crippen LogP contribution in [0.1, 0.15) is 26.3 Å². The van der Waals surface area contributed by atoms with Crippen molar-refractivity contribution in [2.75, 3.05) is 26.2 Å². The van der Waals surface area contributed by atoms with E-state index in [1.54, 1.807) is 52.3 Å². The normalized spacial score (nSPS) is 14.1. The lowest BCUT2D eigenvalue weighted by atomic mass is 10.0. The second-order valence-electron chi connectivity index (χ2n) is 6.32. The topological polar surface area (TPSA) is 77.9 Å². The first-order valence-corrected chi connectivity index (χ1v) is 8.97. The minimum absolute atomic E-state index is 0.0325. The predicted molar refractivity (Wildman–Crippen MR) is 101 cm³/mol. The van der Waals surface area contributed by atoms with Crippen LogP contribution in [0.2, 0.25) is 5.02 Å². The van der Waals surface area contributed by atoms with Gasteiger partial charge in [0.15, 0.2) is 0 Å². The summed E-state index contributed by atoms with van der Waals surface area (Å²) in [4.78, 5) is 39.7. The molecule has 2 amide bonds. The Morgan fingerprint density at radius 3 is 2.26 bits per heavy atom. The van der Waals surface area contributed by atoms with Crippen LogP contribution in [0.5, 0.6) is 0 Å². The highest BCUT2D eigenvalue weighted by Crippen LogP contribution is 2.16. The number of nitrogens with zero attached hydrogens (tertiary/aromatic N) is 2. The van der Waals surface area contributed by atoms with Gasteiger partial charge in [0.25, 0.3) is 5.91 Å². The van der Waals surface area contributed by atoms with E-state index in [0.717, 1.165) is 0 Å². The Morgan fingerprint density at radius 2 is 1.59 bits per heavy atom. The number of hydrogen-bond donors (Lipinski definition) is 1. The molecule has 0 unspecified atom stereocenters. The van der Waals surface area contributed by atoms with E-state index in [-0.39, 0.29) is 23.8 Å². The molecular weight excluding hydrogens is 368 g/mol. The molecule has 1 N–H and O–H groups in total. The van der Waals surface area contributed by atoms with Crippen molar-refractivity contribution in [3.63, 3.8) is 0 Å². The van der Waals surface area contributed by atoms with Crippen LogP contribution < -0.4 is 0 Å². The fourth-order valence-corrected chi connectivity index (χ4v) is 3.31. The van der Waals surface area contributed by atoms with Gasteiger partial charge in [-0.15, -0.1) is 0 Å². The molecule has 1 aliphatic heterocycles. The van der Waals surface area contributed by atoms with Crippen molar-refractivity contribution < 1.29 is 19.5 Å². The lowest BCUT2D eigenvalue weighted by Crippen LogP contribution is -2.51. The molecule has 0 radical (unpaired) electrons. The number of benzene rings is 2. The van der Waals surface area contributed by atoms with Gasteiger partial charge in [-0.1, -0.05) is 35.9 Å². The average Bonchev–Trinajstić information content (AvgIpc) is 2.67. The molecule has 27 heavy (non-hydrogen) atoms. The molecular formula is C20H19ClN2O4. The maximum Gasteiger partial charge on any atom is 0.335 e. The number of carbonyl (C=O) groups is 3. The number of hydrogen-bond acceptors (Lipinski definition) is 3. The molecule has 2 aromatic carbocycles. The summed E-state index contributed by atoms with van der Waals surface area (Å²) in [6, 6.07) is 13.3. The van der Waals surface area contributed by atoms with E-state index in [0.29, 0.717) is 42.3 Å². The van der Waals surface area contributed by atoms with Gasteiger partial charge in [-0.2, -0.15) is 0 Å². The highest BCUT2D eigenvalue weighted by molar-refractivity contribution is 6.30. The summed E-state index contributed by atoms with van der Waals surface area (Å²) in [7, 11) is 0. The molecule has 0 atom stereocenters. The third kappa shape index (κ3) is 4.46. The van der Waals surface area contributed by atoms with Crippen LogP contribution in [0, 0.1) is 0 Å². The second kappa shape index (κ2) is 8.22. The summed E-state index contributed by atoms with van der Waals surface area (Å²) in [5.74, 6) is -1.30. The van der Waals surface area contributed by atoms with Gasteiger partial charge in [0.2, 0.25) is 5.91 Å². The maximum atomic E-state index is 12.5. The molecule has 0 spiro atoms. The minimum atomic E-state index is -1.05. The Hall–Kier alpha value is -2.86. The smallest absolute Gasteiger partial charge is 0.335 e. The van der Waals surface area contributed by atoms with Gasteiger partial charge < -0.3 is 14.9 Å². The van der Waals surface area contributed by atoms with Gasteiger partial charge >= 0.3 is 5.97 Å². The Bertz CT molecular complexity index is 876. The third-order valence-electron chi connectivity index (χ3n) is 4.58. The summed E-state index contributed by atoms with van der Waals surface area (Å²) in [6.07, 6.45) is 0.0325. The summed E-state index contributed by atoms with van der Waals surface area (Å²) < 4.78 is 0. The number of piperazine rings is 1. The molecule has 1 saturated heterocycles. The van der Waals surface area contributed by atoms with E-state index < -0.39 is 5.97 Å². The van der Waals surface area contributed by atoms with Crippen molar-refractivity contribution >= 4 is 29.4 Å². The lowest BCUT2D eigenvalue weighted by Gasteiger charge is -2.35. The zero-order valence-electron chi connectivity index (χ0n) is 14.6. The molecule has 7 heteroatoms. The number of aromatic carboxylic acids is 1. The lowest BCUT2D eigenvalue weighted by molar-refractivity contribution is -0.131. The SMILES string of the molecule is O=C(O)c1ccccc1CC(=O)N1CCN(C(=O)c2cccc(Cl)c2)CC1. The fourth-order valence-electron chi connectivity index (χ4n) is 3.12. The quantitative estimate of drug-likeness (QED) is 0.876. The van der Waals surface area contributed by atoms with Gasteiger partial charge in [0, 0.05) is 36.8 Å². The molecule has 1 fully saturated rings. The Kier molecular flexibility index (Phi) is 5.76. The molecule has 140 valence electrons. The van der Waals surface area contributed by atoms with Crippen molar-refractivity contribution in [3.8, 4) is 0 Å². The highest BCUT2D eigenvalue weighted by atomic mass is 35.5. The Labute approximate surface area is 162 Å². The standard InChI is InChI=1S/C20H19ClN2O4/c21-16-6-3-5-15(12-16)19(25)23-10-8-22(9-11-23)18(24)13-14-4-1-2-7-17(14)20(26)27/h1-7,12H,8-11,13H2,(H,26,27). The number of rotatable bonds is 4. The number of carbonyl (C=O) groups excluding carboxylic acids is 2. The monoisotopic (exact) mass is 386 g/mol. The molecule has 0 bridgehead atoms. The first-order chi connectivity index (χ1) is 13.0. The van der Waals surface area contributed by atoms with E-state index in [2.05, 4.69) is 0 Å². The largest absolute Gasteiger partial charge is 0.478 e. The van der Waals surface area contributed by atoms with Gasteiger partial charge in [-0.3, -0.25) is 9.59 Å². The first-order valence-electron chi connectivity index (χ1n) is 8.59. The summed E-state index contributed by atoms with van der Waals surface area (Å²) in [5, 5.41) is 9.74. The van der Waals surface area contributed by atoms with Crippen molar-refractivity contribution in [3.05, 3.63) is 70.2 Å². The fraction of sp³-hybridized carbons (Fsp3) is 0.250. The van der Waals surface area contributed by atoms with Crippen molar-refractivity contribution in [1.29, 1.82) is 0 Å². The molecule has 2 aromatic rings. The maximum absolute atomic E-state index is 12.5. The molecule has 0 saturated carbocycles. The van der Waals surface area contributed by atoms with Gasteiger partial charge in [0.1, 0.15) is 0 Å². The minimum Gasteiger partial charge on any atom is -0.478 e. The van der Waals surface area contributed by atoms with E-state index in [1.807, 2.05) is 0 Å². The number of halogens is 1. The molecule has 6 nitrogen and oxygen atoms in total. The molecule has 0 aromatic heterocycles. The first kappa shape index (κ1) is 18.9. The number of carboxylic acid groups (broad SMARTS) is 1. The third-order valence-corrected chi connectivity index (χ3v) is 4.82. The van der Waals surface area contributed by atoms with Gasteiger partial charge in [-0.25, -0.2) is 4.79 Å². The van der Waals surface area contributed by atoms with Gasteiger partial charge in [-0.05, 0) is 29.8 Å². The zero-order valence-corrected chi connectivity index (χ0v) is 15.4. The second-order valence-corrected chi connectivity index (χ2v) is 6.76. The van der Waals surface area contributed by atoms with Gasteiger partial charge in [0.05, 0.1) is 12.0 Å². The van der Waals surface area contributed by atoms with Crippen LogP contribution in [0.4, 0.5) is 0 Å². The van der Waals surface area contributed by atoms with Crippen molar-refractivity contribution in [2.45, 2.75) is 6.42 Å². The summed E-state index contributed by atoms with van der Waals surface area (Å²) >= 11 is 5.94. The van der Waals surface area contributed by atoms with Crippen molar-refractivity contribution in [2.24, 2.45) is 0 Å². The van der Waals surface area contributed by atoms with Crippen LogP contribution in [0.25, 0.3) is 0 Å². The zero-order chi connectivity index (χ0) is 19.4. The highest BCUT2D eigenvalue weighted by Gasteiger charge is 2.25. The van der Waals surface area contributed by atoms with Crippen LogP contribution in [0.15, 0.2) is 48.5 Å². The van der Waals surface area contributed by atoms with E-state index in [9.17, 15) is 19.5 Å². The predicted octanol–water partition coefficient (Wildman–Crippen LogP) is 2.57. The van der Waals surface area contributed by atoms with E-state index in [4.69, 9.17) is 11.6 Å². The molecule has 1 heterocycles. The molecule has 1 aliphatic rings. The van der Waals surface area contributed by atoms with E-state index in [1.165, 1.54) is 6.07 Å². The molecule has 0 aliphatic carbocycles. The Morgan fingerprint density at radius 1 is 0.926 bits per heavy atom. The van der Waals surface area contributed by atoms with Crippen molar-refractivity contribution in [1.82, 2.24) is 9.80 Å². The molecule has 3 rings (SSSR count). The van der Waals surface area contributed by atoms with E-state index >= 15 is 0 Å². The van der Waals surface area contributed by atoms with Crippen LogP contribution >= 0.6 is 11.6 Å². The Balaban J connectivity index is 1.60. The van der Waals surface area contributed by atoms with Crippen LogP contribution in [-0.4, -0.2) is 58.9 Å². The summed E-state index contributed by atoms with van der Waals surface area (Å²) in [6.45, 7) is 1.69. The van der Waals surface area contributed by atoms with Crippen LogP contribution in [0.3, 0.4) is 0 Å². The summed E-state index contributed by atoms with van der Waals surface area (Å²) in [5.41, 5.74) is 1.16. The van der Waals surface area contributed by atoms with Crippen LogP contribution in [-0.2, 0) is 11.2 Å². The number of carboxylic acids is 1. The number of amides is 2. The average molecular weight is 387 g/mol.